The normalized spacial score (nSPS) is 9.86. The molecule has 0 aromatic carbocycles. The van der Waals surface area contributed by atoms with Crippen molar-refractivity contribution in [2.75, 3.05) is 52.5 Å². The van der Waals surface area contributed by atoms with Crippen LogP contribution in [0.2, 0.25) is 0 Å². The largest absolute Gasteiger partial charge is 1.00 e. The Morgan fingerprint density at radius 3 is 0.929 bits per heavy atom. The third-order valence-electron chi connectivity index (χ3n) is 1.67. The summed E-state index contributed by atoms with van der Waals surface area (Å²) in [5.41, 5.74) is 10.4. The molecular weight excluding hydrogens is 534 g/mol. The molecule has 0 aromatic rings. The molecule has 184 valence electrons. The van der Waals surface area contributed by atoms with Crippen LogP contribution in [0, 0.1) is 20.5 Å². The summed E-state index contributed by atoms with van der Waals surface area (Å²) in [4.78, 5) is 0. The monoisotopic (exact) mass is 560 g/mol. The summed E-state index contributed by atoms with van der Waals surface area (Å²) in [7, 11) is -9.89. The Balaban J connectivity index is -0.0000000576. The van der Waals surface area contributed by atoms with Crippen LogP contribution < -0.4 is 59.4 Å². The Morgan fingerprint density at radius 1 is 0.571 bits per heavy atom. The van der Waals surface area contributed by atoms with E-state index in [-0.39, 0.29) is 47.4 Å². The summed E-state index contributed by atoms with van der Waals surface area (Å²) in [6.07, 6.45) is 1.64. The minimum absolute atomic E-state index is 0. The van der Waals surface area contributed by atoms with Crippen LogP contribution >= 0.6 is 0 Å². The topological polar surface area (TPSA) is 301 Å². The Labute approximate surface area is 189 Å². The Hall–Kier alpha value is 1.06. The van der Waals surface area contributed by atoms with E-state index >= 15 is 0 Å². The van der Waals surface area contributed by atoms with Gasteiger partial charge in [0.15, 0.2) is 0 Å². The average Bonchev–Trinajstić information content (AvgIpc) is 2.46. The molecule has 14 nitrogen and oxygen atoms in total. The van der Waals surface area contributed by atoms with E-state index in [1.807, 2.05) is 0 Å². The molecule has 0 bridgehead atoms. The second-order valence-corrected chi connectivity index (χ2v) is 5.50. The minimum Gasteiger partial charge on any atom is -0.396 e. The predicted octanol–water partition coefficient (Wildman–Crippen LogP) is -11.7. The first kappa shape index (κ1) is 43.0. The molecule has 0 fully saturated rings. The van der Waals surface area contributed by atoms with E-state index in [0.29, 0.717) is 13.1 Å². The van der Waals surface area contributed by atoms with Crippen LogP contribution in [0.1, 0.15) is 12.8 Å². The fraction of sp³-hybridized carbons (Fsp3) is 1.00. The zero-order valence-corrected chi connectivity index (χ0v) is 18.1. The number of hydrogen-bond acceptors (Lipinski definition) is 14. The van der Waals surface area contributed by atoms with Crippen molar-refractivity contribution in [1.29, 1.82) is 0 Å². The smallest absolute Gasteiger partial charge is 0.396 e. The molecule has 0 saturated heterocycles. The number of aliphatic hydroxyl groups excluding tert-OH is 2. The summed E-state index contributed by atoms with van der Waals surface area (Å²) in [5.74, 6) is 0. The second-order valence-electron chi connectivity index (χ2n) is 3.99. The third kappa shape index (κ3) is 150. The molecule has 0 aromatic heterocycles. The van der Waals surface area contributed by atoms with Gasteiger partial charge >= 0.3 is 34.1 Å². The van der Waals surface area contributed by atoms with E-state index in [4.69, 9.17) is 59.0 Å². The molecule has 0 unspecified atom stereocenters. The first-order chi connectivity index (χ1) is 11.8. The maximum Gasteiger partial charge on any atom is 1.00 e. The van der Waals surface area contributed by atoms with Crippen LogP contribution in [0.25, 0.3) is 0 Å². The van der Waals surface area contributed by atoms with Crippen LogP contribution in [-0.4, -0.2) is 62.7 Å². The molecule has 0 heterocycles. The number of aliphatic hydroxyl groups is 2. The summed E-state index contributed by atoms with van der Waals surface area (Å²) in [6, 6.07) is 0. The first-order valence-electron chi connectivity index (χ1n) is 7.10. The van der Waals surface area contributed by atoms with E-state index in [0.717, 1.165) is 39.0 Å². The molecule has 0 rings (SSSR count). The maximum atomic E-state index is 8.49. The van der Waals surface area contributed by atoms with Gasteiger partial charge in [-0.3, -0.25) is 0 Å². The third-order valence-corrected chi connectivity index (χ3v) is 1.67. The number of rotatable bonds is 10. The van der Waals surface area contributed by atoms with Gasteiger partial charge in [-0.05, 0) is 25.9 Å². The van der Waals surface area contributed by atoms with E-state index in [9.17, 15) is 0 Å². The van der Waals surface area contributed by atoms with Crippen LogP contribution in [0.4, 0.5) is 0 Å². The van der Waals surface area contributed by atoms with Gasteiger partial charge in [0.2, 0.25) is 0 Å². The van der Waals surface area contributed by atoms with E-state index in [1.54, 1.807) is 0 Å². The quantitative estimate of drug-likeness (QED) is 0.106. The molecule has 0 saturated carbocycles. The van der Waals surface area contributed by atoms with Crippen molar-refractivity contribution in [1.82, 2.24) is 10.6 Å². The molecule has 0 amide bonds. The molecule has 0 aliphatic heterocycles. The SMILES string of the molecule is NCCNCCCO.NCCNCCCO.[Cu+].[Cu+].[O-][Cl+3]([O-])([O-])[O-].[O-][Cl+3]([O-])([O-])[O-]. The Morgan fingerprint density at radius 2 is 0.786 bits per heavy atom. The van der Waals surface area contributed by atoms with Gasteiger partial charge in [0.25, 0.3) is 0 Å². The van der Waals surface area contributed by atoms with Gasteiger partial charge in [0.05, 0.1) is 0 Å². The molecule has 18 heteroatoms. The van der Waals surface area contributed by atoms with Gasteiger partial charge in [-0.1, -0.05) is 0 Å². The fourth-order valence-electron chi connectivity index (χ4n) is 0.862. The molecule has 28 heavy (non-hydrogen) atoms. The maximum absolute atomic E-state index is 8.49. The fourth-order valence-corrected chi connectivity index (χ4v) is 0.862. The number of nitrogens with one attached hydrogen (secondary N) is 2. The molecule has 0 radical (unpaired) electrons. The van der Waals surface area contributed by atoms with Crippen LogP contribution in [0.5, 0.6) is 0 Å². The van der Waals surface area contributed by atoms with Gasteiger partial charge in [-0.2, -0.15) is 0 Å². The second kappa shape index (κ2) is 32.7. The summed E-state index contributed by atoms with van der Waals surface area (Å²) in [5, 5.41) is 22.7. The molecule has 8 N–H and O–H groups in total. The standard InChI is InChI=1S/2C5H14N2O.2ClHO4.2Cu/c2*6-2-4-7-3-1-5-8;2*2-1(3,4)5;;/h2*7-8H,1-6H2;2*(H,2,3,4,5);;/q;;;;2*+1/p-2. The number of nitrogens with two attached hydrogens (primary N) is 2. The van der Waals surface area contributed by atoms with Crippen molar-refractivity contribution in [2.24, 2.45) is 11.5 Å². The van der Waals surface area contributed by atoms with E-state index < -0.39 is 20.5 Å². The van der Waals surface area contributed by atoms with Gasteiger partial charge in [-0.25, -0.2) is 37.3 Å². The van der Waals surface area contributed by atoms with Gasteiger partial charge in [0.1, 0.15) is 0 Å². The van der Waals surface area contributed by atoms with Crippen LogP contribution in [-0.2, 0) is 34.1 Å². The molecule has 0 spiro atoms. The van der Waals surface area contributed by atoms with E-state index in [2.05, 4.69) is 10.6 Å². The average molecular weight is 562 g/mol. The van der Waals surface area contributed by atoms with Crippen molar-refractivity contribution in [3.63, 3.8) is 0 Å². The van der Waals surface area contributed by atoms with Crippen LogP contribution in [0.3, 0.4) is 0 Å². The molecule has 0 atom stereocenters. The number of halogens is 2. The molecule has 0 aliphatic carbocycles. The van der Waals surface area contributed by atoms with Crippen LogP contribution in [0.15, 0.2) is 0 Å². The Bertz CT molecular complexity index is 209. The van der Waals surface area contributed by atoms with Crippen molar-refractivity contribution in [3.8, 4) is 0 Å². The minimum atomic E-state index is -4.94. The summed E-state index contributed by atoms with van der Waals surface area (Å²) in [6.45, 7) is 5.30. The van der Waals surface area contributed by atoms with Crippen molar-refractivity contribution >= 4 is 0 Å². The zero-order valence-electron chi connectivity index (χ0n) is 14.7. The van der Waals surface area contributed by atoms with Gasteiger partial charge in [0, 0.05) is 39.4 Å². The zero-order chi connectivity index (χ0) is 21.5. The van der Waals surface area contributed by atoms with Crippen molar-refractivity contribution in [2.45, 2.75) is 12.8 Å². The van der Waals surface area contributed by atoms with E-state index in [1.165, 1.54) is 0 Å². The molecular formula is C10H28Cl2Cu2N4O10. The van der Waals surface area contributed by atoms with Gasteiger partial charge in [-0.15, -0.1) is 20.5 Å². The first-order valence-corrected chi connectivity index (χ1v) is 9.57. The van der Waals surface area contributed by atoms with Crippen molar-refractivity contribution < 1.29 is 102 Å². The number of hydrogen-bond donors (Lipinski definition) is 6. The Kier molecular flexibility index (Phi) is 50.3. The van der Waals surface area contributed by atoms with Crippen molar-refractivity contribution in [3.05, 3.63) is 0 Å². The molecule has 0 aliphatic rings. The van der Waals surface area contributed by atoms with Gasteiger partial charge < -0.3 is 32.3 Å². The summed E-state index contributed by atoms with van der Waals surface area (Å²) < 4.78 is 67.9. The summed E-state index contributed by atoms with van der Waals surface area (Å²) >= 11 is 0. The predicted molar refractivity (Wildman–Crippen MR) is 67.3 cm³/mol.